The number of fused-ring (bicyclic) bond motifs is 1. The average molecular weight is 417 g/mol. The molecule has 1 unspecified atom stereocenters. The topological polar surface area (TPSA) is 66.9 Å². The Morgan fingerprint density at radius 2 is 2.03 bits per heavy atom. The number of anilines is 1. The number of nitrogens with zero attached hydrogens (tertiary/aromatic N) is 2. The van der Waals surface area contributed by atoms with Crippen molar-refractivity contribution in [3.8, 4) is 0 Å². The summed E-state index contributed by atoms with van der Waals surface area (Å²) in [6.07, 6.45) is 2.78. The molecule has 0 bridgehead atoms. The van der Waals surface area contributed by atoms with Gasteiger partial charge < -0.3 is 9.64 Å². The van der Waals surface area contributed by atoms with E-state index in [4.69, 9.17) is 4.74 Å². The number of hydrogen-bond donors (Lipinski definition) is 0. The van der Waals surface area contributed by atoms with Crippen molar-refractivity contribution >= 4 is 40.6 Å². The standard InChI is InChI=1S/C22H28N2O4S/c1-6-24-17-9-8-15(10-16(17)14(3)12-22(24,4)5)11-18-20(26)23(21(27)29-18)13-19(25)28-7-2/h8-11,14H,6-7,12-13H2,1-5H3/b18-11+. The van der Waals surface area contributed by atoms with Crippen LogP contribution in [-0.2, 0) is 14.3 Å². The number of amides is 2. The molecule has 0 saturated carbocycles. The minimum atomic E-state index is -0.582. The first-order valence-corrected chi connectivity index (χ1v) is 10.8. The predicted molar refractivity (Wildman–Crippen MR) is 116 cm³/mol. The number of carbonyl (C=O) groups is 3. The minimum Gasteiger partial charge on any atom is -0.465 e. The monoisotopic (exact) mass is 416 g/mol. The fraction of sp³-hybridized carbons (Fsp3) is 0.500. The molecule has 0 spiro atoms. The lowest BCUT2D eigenvalue weighted by molar-refractivity contribution is -0.145. The molecule has 1 fully saturated rings. The molecule has 3 rings (SSSR count). The van der Waals surface area contributed by atoms with Gasteiger partial charge in [0.15, 0.2) is 0 Å². The van der Waals surface area contributed by atoms with E-state index >= 15 is 0 Å². The van der Waals surface area contributed by atoms with E-state index < -0.39 is 17.1 Å². The Kier molecular flexibility index (Phi) is 6.08. The van der Waals surface area contributed by atoms with Crippen LogP contribution < -0.4 is 4.90 Å². The second-order valence-corrected chi connectivity index (χ2v) is 9.05. The maximum absolute atomic E-state index is 12.6. The van der Waals surface area contributed by atoms with Crippen molar-refractivity contribution in [2.45, 2.75) is 52.5 Å². The molecule has 2 aliphatic rings. The fourth-order valence-electron chi connectivity index (χ4n) is 4.32. The number of esters is 1. The maximum atomic E-state index is 12.6. The third-order valence-electron chi connectivity index (χ3n) is 5.49. The van der Waals surface area contributed by atoms with Gasteiger partial charge in [-0.05, 0) is 81.1 Å². The normalized spacial score (nSPS) is 22.2. The summed E-state index contributed by atoms with van der Waals surface area (Å²) in [7, 11) is 0. The van der Waals surface area contributed by atoms with Gasteiger partial charge in [-0.15, -0.1) is 0 Å². The van der Waals surface area contributed by atoms with Gasteiger partial charge in [-0.2, -0.15) is 0 Å². The van der Waals surface area contributed by atoms with Crippen molar-refractivity contribution in [2.75, 3.05) is 24.6 Å². The van der Waals surface area contributed by atoms with Gasteiger partial charge in [0.05, 0.1) is 11.5 Å². The van der Waals surface area contributed by atoms with Crippen LogP contribution in [0.15, 0.2) is 23.1 Å². The highest BCUT2D eigenvalue weighted by atomic mass is 32.2. The van der Waals surface area contributed by atoms with E-state index in [1.807, 2.05) is 6.07 Å². The maximum Gasteiger partial charge on any atom is 0.326 e. The van der Waals surface area contributed by atoms with E-state index in [9.17, 15) is 14.4 Å². The predicted octanol–water partition coefficient (Wildman–Crippen LogP) is 4.40. The highest BCUT2D eigenvalue weighted by Gasteiger charge is 2.37. The highest BCUT2D eigenvalue weighted by Crippen LogP contribution is 2.44. The summed E-state index contributed by atoms with van der Waals surface area (Å²) in [5, 5.41) is -0.445. The van der Waals surface area contributed by atoms with Gasteiger partial charge in [0.2, 0.25) is 0 Å². The van der Waals surface area contributed by atoms with Crippen LogP contribution in [0.5, 0.6) is 0 Å². The number of thioether (sulfide) groups is 1. The van der Waals surface area contributed by atoms with Gasteiger partial charge in [0.25, 0.3) is 11.1 Å². The van der Waals surface area contributed by atoms with Crippen LogP contribution >= 0.6 is 11.8 Å². The van der Waals surface area contributed by atoms with Gasteiger partial charge in [0.1, 0.15) is 6.54 Å². The summed E-state index contributed by atoms with van der Waals surface area (Å²) in [4.78, 5) is 40.1. The summed E-state index contributed by atoms with van der Waals surface area (Å²) >= 11 is 0.860. The molecule has 6 nitrogen and oxygen atoms in total. The average Bonchev–Trinajstić information content (AvgIpc) is 2.89. The molecule has 2 aliphatic heterocycles. The number of imide groups is 1. The summed E-state index contributed by atoms with van der Waals surface area (Å²) in [5.74, 6) is -0.633. The molecular weight excluding hydrogens is 388 g/mol. The molecule has 0 aromatic heterocycles. The molecule has 7 heteroatoms. The van der Waals surface area contributed by atoms with Gasteiger partial charge in [-0.1, -0.05) is 13.0 Å². The number of ether oxygens (including phenoxy) is 1. The van der Waals surface area contributed by atoms with Gasteiger partial charge in [-0.3, -0.25) is 19.3 Å². The minimum absolute atomic E-state index is 0.0957. The van der Waals surface area contributed by atoms with Crippen molar-refractivity contribution in [3.05, 3.63) is 34.2 Å². The summed E-state index contributed by atoms with van der Waals surface area (Å²) in [6.45, 7) is 11.4. The zero-order valence-corrected chi connectivity index (χ0v) is 18.5. The van der Waals surface area contributed by atoms with Crippen LogP contribution in [0.25, 0.3) is 6.08 Å². The van der Waals surface area contributed by atoms with E-state index in [1.165, 1.54) is 11.3 Å². The number of benzene rings is 1. The molecule has 1 saturated heterocycles. The van der Waals surface area contributed by atoms with E-state index in [1.54, 1.807) is 13.0 Å². The van der Waals surface area contributed by atoms with Crippen LogP contribution in [0.2, 0.25) is 0 Å². The lowest BCUT2D eigenvalue weighted by atomic mass is 9.79. The Labute approximate surface area is 176 Å². The Bertz CT molecular complexity index is 878. The van der Waals surface area contributed by atoms with Crippen LogP contribution in [0.1, 0.15) is 58.1 Å². The summed E-state index contributed by atoms with van der Waals surface area (Å²) in [6, 6.07) is 6.19. The first kappa shape index (κ1) is 21.4. The lowest BCUT2D eigenvalue weighted by Crippen LogP contribution is -2.48. The molecule has 2 amide bonds. The Morgan fingerprint density at radius 3 is 2.69 bits per heavy atom. The van der Waals surface area contributed by atoms with E-state index in [2.05, 4.69) is 44.7 Å². The molecular formula is C22H28N2O4S. The third kappa shape index (κ3) is 4.20. The quantitative estimate of drug-likeness (QED) is 0.524. The summed E-state index contributed by atoms with van der Waals surface area (Å²) in [5.41, 5.74) is 3.46. The molecule has 29 heavy (non-hydrogen) atoms. The smallest absolute Gasteiger partial charge is 0.326 e. The second kappa shape index (κ2) is 8.22. The van der Waals surface area contributed by atoms with E-state index in [0.29, 0.717) is 10.8 Å². The van der Waals surface area contributed by atoms with Gasteiger partial charge in [-0.25, -0.2) is 0 Å². The van der Waals surface area contributed by atoms with Crippen LogP contribution in [0.4, 0.5) is 10.5 Å². The largest absolute Gasteiger partial charge is 0.465 e. The summed E-state index contributed by atoms with van der Waals surface area (Å²) < 4.78 is 4.85. The van der Waals surface area contributed by atoms with Crippen molar-refractivity contribution in [3.63, 3.8) is 0 Å². The molecule has 1 aromatic rings. The number of carbonyl (C=O) groups excluding carboxylic acids is 3. The third-order valence-corrected chi connectivity index (χ3v) is 6.40. The molecule has 156 valence electrons. The van der Waals surface area contributed by atoms with Crippen molar-refractivity contribution in [1.29, 1.82) is 0 Å². The Hall–Kier alpha value is -2.28. The van der Waals surface area contributed by atoms with Crippen LogP contribution in [-0.4, -0.2) is 47.3 Å². The van der Waals surface area contributed by atoms with Crippen LogP contribution in [0.3, 0.4) is 0 Å². The number of rotatable bonds is 5. The number of hydrogen-bond acceptors (Lipinski definition) is 6. The molecule has 0 radical (unpaired) electrons. The van der Waals surface area contributed by atoms with Gasteiger partial charge >= 0.3 is 5.97 Å². The van der Waals surface area contributed by atoms with Crippen molar-refractivity contribution < 1.29 is 19.1 Å². The second-order valence-electron chi connectivity index (χ2n) is 8.05. The molecule has 0 N–H and O–H groups in total. The van der Waals surface area contributed by atoms with E-state index in [-0.39, 0.29) is 18.7 Å². The Balaban J connectivity index is 1.87. The lowest BCUT2D eigenvalue weighted by Gasteiger charge is -2.47. The van der Waals surface area contributed by atoms with Crippen molar-refractivity contribution in [1.82, 2.24) is 4.90 Å². The molecule has 2 heterocycles. The van der Waals surface area contributed by atoms with Crippen LogP contribution in [0, 0.1) is 0 Å². The fourth-order valence-corrected chi connectivity index (χ4v) is 5.16. The Morgan fingerprint density at radius 1 is 1.31 bits per heavy atom. The molecule has 1 aromatic carbocycles. The first-order chi connectivity index (χ1) is 13.7. The van der Waals surface area contributed by atoms with Crippen molar-refractivity contribution in [2.24, 2.45) is 0 Å². The first-order valence-electron chi connectivity index (χ1n) is 10.0. The zero-order valence-electron chi connectivity index (χ0n) is 17.7. The van der Waals surface area contributed by atoms with Gasteiger partial charge in [0, 0.05) is 17.8 Å². The molecule has 1 atom stereocenters. The molecule has 0 aliphatic carbocycles. The zero-order chi connectivity index (χ0) is 21.3. The highest BCUT2D eigenvalue weighted by molar-refractivity contribution is 8.18. The SMILES string of the molecule is CCOC(=O)CN1C(=O)S/C(=C/c2ccc3c(c2)C(C)CC(C)(C)N3CC)C1=O. The van der Waals surface area contributed by atoms with E-state index in [0.717, 1.165) is 35.2 Å².